The maximum atomic E-state index is 10.5. The van der Waals surface area contributed by atoms with Crippen molar-refractivity contribution in [1.82, 2.24) is 4.90 Å². The highest BCUT2D eigenvalue weighted by Crippen LogP contribution is 2.66. The summed E-state index contributed by atoms with van der Waals surface area (Å²) in [6, 6.07) is 1.18. The number of likely N-dealkylation sites (tertiary alicyclic amines) is 1. The quantitative estimate of drug-likeness (QED) is 0.834. The molecule has 2 saturated carbocycles. The van der Waals surface area contributed by atoms with Crippen molar-refractivity contribution in [2.45, 2.75) is 97.4 Å². The van der Waals surface area contributed by atoms with Gasteiger partial charge < -0.3 is 9.84 Å². The normalized spacial score (nSPS) is 44.6. The molecule has 23 heavy (non-hydrogen) atoms. The van der Waals surface area contributed by atoms with Crippen molar-refractivity contribution in [3.63, 3.8) is 0 Å². The number of β-amino-alcohol motifs (C(OH)–C–C–N with tert-alkyl or cyclic N) is 1. The van der Waals surface area contributed by atoms with Crippen molar-refractivity contribution >= 4 is 0 Å². The molecule has 0 amide bonds. The van der Waals surface area contributed by atoms with Gasteiger partial charge in [0.1, 0.15) is 0 Å². The van der Waals surface area contributed by atoms with E-state index in [-0.39, 0.29) is 6.10 Å². The van der Waals surface area contributed by atoms with Crippen LogP contribution in [0.4, 0.5) is 0 Å². The van der Waals surface area contributed by atoms with E-state index in [0.29, 0.717) is 35.6 Å². The van der Waals surface area contributed by atoms with Gasteiger partial charge in [-0.2, -0.15) is 0 Å². The molecule has 0 radical (unpaired) electrons. The maximum Gasteiger partial charge on any atom is 0.0900 e. The Morgan fingerprint density at radius 1 is 1.13 bits per heavy atom. The van der Waals surface area contributed by atoms with Gasteiger partial charge >= 0.3 is 0 Å². The molecule has 3 fully saturated rings. The summed E-state index contributed by atoms with van der Waals surface area (Å²) in [5.41, 5.74) is 0.682. The molecule has 3 rings (SSSR count). The SMILES string of the molecule is C[C@@H]1CCC[C@H](C)N1C[C@H](O)CO[C@H]1C[C@H]2CC[C@@]1(C)C2(C)C. The fraction of sp³-hybridized carbons (Fsp3) is 1.00. The number of aliphatic hydroxyl groups is 1. The smallest absolute Gasteiger partial charge is 0.0900 e. The molecule has 0 aromatic rings. The first-order valence-corrected chi connectivity index (χ1v) is 9.81. The first-order valence-electron chi connectivity index (χ1n) is 9.81. The Labute approximate surface area is 142 Å². The molecule has 0 spiro atoms. The van der Waals surface area contributed by atoms with Gasteiger partial charge in [-0.1, -0.05) is 27.2 Å². The van der Waals surface area contributed by atoms with Crippen LogP contribution in [0.25, 0.3) is 0 Å². The van der Waals surface area contributed by atoms with Crippen molar-refractivity contribution in [3.8, 4) is 0 Å². The Balaban J connectivity index is 1.51. The van der Waals surface area contributed by atoms with Crippen LogP contribution in [0.3, 0.4) is 0 Å². The van der Waals surface area contributed by atoms with Crippen LogP contribution in [0.1, 0.15) is 73.1 Å². The number of fused-ring (bicyclic) bond motifs is 2. The molecule has 2 aliphatic carbocycles. The van der Waals surface area contributed by atoms with Gasteiger partial charge in [0.05, 0.1) is 18.8 Å². The molecule has 6 atom stereocenters. The van der Waals surface area contributed by atoms with E-state index in [4.69, 9.17) is 4.74 Å². The number of nitrogens with zero attached hydrogens (tertiary/aromatic N) is 1. The van der Waals surface area contributed by atoms with E-state index in [9.17, 15) is 5.11 Å². The Morgan fingerprint density at radius 3 is 2.30 bits per heavy atom. The fourth-order valence-corrected chi connectivity index (χ4v) is 5.74. The van der Waals surface area contributed by atoms with E-state index in [1.165, 1.54) is 38.5 Å². The van der Waals surface area contributed by atoms with Crippen LogP contribution in [0.15, 0.2) is 0 Å². The molecule has 1 saturated heterocycles. The highest BCUT2D eigenvalue weighted by molar-refractivity contribution is 5.11. The first-order chi connectivity index (χ1) is 10.8. The average Bonchev–Trinajstić information content (AvgIpc) is 2.82. The average molecular weight is 324 g/mol. The molecule has 1 N–H and O–H groups in total. The number of aliphatic hydroxyl groups excluding tert-OH is 1. The minimum atomic E-state index is -0.358. The van der Waals surface area contributed by atoms with Gasteiger partial charge in [-0.05, 0) is 62.7 Å². The lowest BCUT2D eigenvalue weighted by Crippen LogP contribution is -2.48. The molecule has 3 heteroatoms. The summed E-state index contributed by atoms with van der Waals surface area (Å²) in [5.74, 6) is 0.803. The van der Waals surface area contributed by atoms with Crippen molar-refractivity contribution in [3.05, 3.63) is 0 Å². The summed E-state index contributed by atoms with van der Waals surface area (Å²) in [5, 5.41) is 10.5. The monoisotopic (exact) mass is 323 g/mol. The molecular weight excluding hydrogens is 286 g/mol. The van der Waals surface area contributed by atoms with Crippen molar-refractivity contribution < 1.29 is 9.84 Å². The molecule has 0 aromatic carbocycles. The summed E-state index contributed by atoms with van der Waals surface area (Å²) >= 11 is 0. The molecule has 134 valence electrons. The van der Waals surface area contributed by atoms with E-state index in [1.54, 1.807) is 0 Å². The van der Waals surface area contributed by atoms with Crippen LogP contribution < -0.4 is 0 Å². The van der Waals surface area contributed by atoms with E-state index in [0.717, 1.165) is 12.5 Å². The molecule has 0 aromatic heterocycles. The predicted octanol–water partition coefficient (Wildman–Crippen LogP) is 3.84. The number of hydrogen-bond donors (Lipinski definition) is 1. The van der Waals surface area contributed by atoms with Gasteiger partial charge in [0.15, 0.2) is 0 Å². The fourth-order valence-electron chi connectivity index (χ4n) is 5.74. The third-order valence-electron chi connectivity index (χ3n) is 8.00. The van der Waals surface area contributed by atoms with Crippen molar-refractivity contribution in [1.29, 1.82) is 0 Å². The third kappa shape index (κ3) is 2.98. The standard InChI is InChI=1S/C20H37NO2/c1-14-7-6-8-15(2)21(14)12-17(22)13-23-18-11-16-9-10-20(18,5)19(16,3)4/h14-18,22H,6-13H2,1-5H3/t14-,15+,16-,17+,18+,20-/m1/s1. The Bertz CT molecular complexity index is 414. The van der Waals surface area contributed by atoms with Crippen LogP contribution in [0.2, 0.25) is 0 Å². The summed E-state index contributed by atoms with van der Waals surface area (Å²) in [6.07, 6.45) is 7.64. The number of piperidine rings is 1. The molecule has 2 bridgehead atoms. The topological polar surface area (TPSA) is 32.7 Å². The second-order valence-electron chi connectivity index (χ2n) is 9.41. The second-order valence-corrected chi connectivity index (χ2v) is 9.41. The highest BCUT2D eigenvalue weighted by Gasteiger charge is 2.61. The maximum absolute atomic E-state index is 10.5. The van der Waals surface area contributed by atoms with Gasteiger partial charge in [-0.25, -0.2) is 0 Å². The largest absolute Gasteiger partial charge is 0.389 e. The van der Waals surface area contributed by atoms with Crippen LogP contribution in [0, 0.1) is 16.7 Å². The minimum Gasteiger partial charge on any atom is -0.389 e. The van der Waals surface area contributed by atoms with Crippen molar-refractivity contribution in [2.75, 3.05) is 13.2 Å². The van der Waals surface area contributed by atoms with Crippen molar-refractivity contribution in [2.24, 2.45) is 16.7 Å². The lowest BCUT2D eigenvalue weighted by atomic mass is 9.70. The minimum absolute atomic E-state index is 0.295. The Morgan fingerprint density at radius 2 is 1.78 bits per heavy atom. The highest BCUT2D eigenvalue weighted by atomic mass is 16.5. The number of rotatable bonds is 5. The Kier molecular flexibility index (Phi) is 4.85. The van der Waals surface area contributed by atoms with Gasteiger partial charge in [0.2, 0.25) is 0 Å². The van der Waals surface area contributed by atoms with Gasteiger partial charge in [0.25, 0.3) is 0 Å². The van der Waals surface area contributed by atoms with Crippen LogP contribution in [-0.2, 0) is 4.74 Å². The first kappa shape index (κ1) is 17.7. The predicted molar refractivity (Wildman–Crippen MR) is 94.5 cm³/mol. The van der Waals surface area contributed by atoms with E-state index < -0.39 is 0 Å². The molecule has 3 aliphatic rings. The van der Waals surface area contributed by atoms with Gasteiger partial charge in [-0.3, -0.25) is 4.90 Å². The van der Waals surface area contributed by atoms with E-state index in [2.05, 4.69) is 39.5 Å². The zero-order chi connectivity index (χ0) is 16.8. The number of hydrogen-bond acceptors (Lipinski definition) is 3. The second kappa shape index (κ2) is 6.31. The van der Waals surface area contributed by atoms with Crippen LogP contribution in [-0.4, -0.2) is 47.4 Å². The van der Waals surface area contributed by atoms with E-state index >= 15 is 0 Å². The lowest BCUT2D eigenvalue weighted by molar-refractivity contribution is -0.0842. The Hall–Kier alpha value is -0.120. The van der Waals surface area contributed by atoms with Crippen LogP contribution in [0.5, 0.6) is 0 Å². The summed E-state index contributed by atoms with van der Waals surface area (Å²) in [7, 11) is 0. The zero-order valence-corrected chi connectivity index (χ0v) is 15.8. The van der Waals surface area contributed by atoms with Gasteiger partial charge in [0, 0.05) is 18.6 Å². The molecule has 1 heterocycles. The molecule has 3 nitrogen and oxygen atoms in total. The molecule has 1 aliphatic heterocycles. The third-order valence-corrected chi connectivity index (χ3v) is 8.00. The summed E-state index contributed by atoms with van der Waals surface area (Å²) in [4.78, 5) is 2.48. The van der Waals surface area contributed by atoms with E-state index in [1.807, 2.05) is 0 Å². The number of ether oxygens (including phenoxy) is 1. The molecule has 0 unspecified atom stereocenters. The summed E-state index contributed by atoms with van der Waals surface area (Å²) in [6.45, 7) is 13.1. The van der Waals surface area contributed by atoms with Gasteiger partial charge in [-0.15, -0.1) is 0 Å². The zero-order valence-electron chi connectivity index (χ0n) is 15.8. The lowest BCUT2D eigenvalue weighted by Gasteiger charge is -2.41. The van der Waals surface area contributed by atoms with Crippen LogP contribution >= 0.6 is 0 Å². The summed E-state index contributed by atoms with van der Waals surface area (Å²) < 4.78 is 6.27. The molecular formula is C20H37NO2.